The van der Waals surface area contributed by atoms with Crippen LogP contribution < -0.4 is 0 Å². The highest BCUT2D eigenvalue weighted by molar-refractivity contribution is 6.00. The standard InChI is InChI=1S/C20H17FN2O3/c1-2-19(25)22-10-16(11-22)23-9-13-4-3-12(7-18(13)20(23)26)14-5-15(21)8-17(24)6-14/h2-8,16,24H,1,9-11H2. The highest BCUT2D eigenvalue weighted by atomic mass is 19.1. The van der Waals surface area contributed by atoms with Gasteiger partial charge in [-0.05, 0) is 41.0 Å². The van der Waals surface area contributed by atoms with Gasteiger partial charge in [0.15, 0.2) is 0 Å². The molecule has 0 aliphatic carbocycles. The summed E-state index contributed by atoms with van der Waals surface area (Å²) in [5.41, 5.74) is 2.68. The SMILES string of the molecule is C=CC(=O)N1CC(N2Cc3ccc(-c4cc(O)cc(F)c4)cc3C2=O)C1. The summed E-state index contributed by atoms with van der Waals surface area (Å²) in [6, 6.07) is 9.23. The van der Waals surface area contributed by atoms with Gasteiger partial charge in [0.25, 0.3) is 5.91 Å². The Kier molecular flexibility index (Phi) is 3.76. The van der Waals surface area contributed by atoms with Crippen molar-refractivity contribution >= 4 is 11.8 Å². The molecule has 132 valence electrons. The first-order valence-corrected chi connectivity index (χ1v) is 8.31. The molecule has 26 heavy (non-hydrogen) atoms. The van der Waals surface area contributed by atoms with Crippen molar-refractivity contribution in [3.8, 4) is 16.9 Å². The Morgan fingerprint density at radius 1 is 1.19 bits per heavy atom. The van der Waals surface area contributed by atoms with Crippen molar-refractivity contribution in [1.29, 1.82) is 0 Å². The lowest BCUT2D eigenvalue weighted by molar-refractivity contribution is -0.132. The number of aromatic hydroxyl groups is 1. The van der Waals surface area contributed by atoms with Gasteiger partial charge in [-0.3, -0.25) is 9.59 Å². The lowest BCUT2D eigenvalue weighted by Gasteiger charge is -2.43. The Hall–Kier alpha value is -3.15. The molecule has 0 unspecified atom stereocenters. The first-order valence-electron chi connectivity index (χ1n) is 8.31. The summed E-state index contributed by atoms with van der Waals surface area (Å²) in [6.45, 7) is 4.99. The van der Waals surface area contributed by atoms with Crippen molar-refractivity contribution in [2.24, 2.45) is 0 Å². The number of halogens is 1. The van der Waals surface area contributed by atoms with E-state index in [1.807, 2.05) is 12.1 Å². The molecule has 1 fully saturated rings. The van der Waals surface area contributed by atoms with Crippen LogP contribution in [0.4, 0.5) is 4.39 Å². The van der Waals surface area contributed by atoms with Crippen LogP contribution in [-0.2, 0) is 11.3 Å². The van der Waals surface area contributed by atoms with Crippen LogP contribution in [0.25, 0.3) is 11.1 Å². The molecule has 6 heteroatoms. The summed E-state index contributed by atoms with van der Waals surface area (Å²) in [5, 5.41) is 9.59. The minimum atomic E-state index is -0.533. The van der Waals surface area contributed by atoms with Crippen molar-refractivity contribution in [3.63, 3.8) is 0 Å². The fourth-order valence-electron chi connectivity index (χ4n) is 3.50. The number of hydrogen-bond donors (Lipinski definition) is 1. The van der Waals surface area contributed by atoms with Crippen LogP contribution >= 0.6 is 0 Å². The van der Waals surface area contributed by atoms with Crippen LogP contribution in [0.5, 0.6) is 5.75 Å². The Balaban J connectivity index is 1.56. The largest absolute Gasteiger partial charge is 0.508 e. The number of benzene rings is 2. The predicted molar refractivity (Wildman–Crippen MR) is 93.9 cm³/mol. The van der Waals surface area contributed by atoms with Crippen molar-refractivity contribution in [2.45, 2.75) is 12.6 Å². The number of likely N-dealkylation sites (tertiary alicyclic amines) is 1. The van der Waals surface area contributed by atoms with Gasteiger partial charge in [0.1, 0.15) is 11.6 Å². The average Bonchev–Trinajstić information content (AvgIpc) is 2.89. The molecule has 2 aromatic carbocycles. The monoisotopic (exact) mass is 352 g/mol. The third-order valence-electron chi connectivity index (χ3n) is 4.95. The maximum Gasteiger partial charge on any atom is 0.254 e. The van der Waals surface area contributed by atoms with Gasteiger partial charge < -0.3 is 14.9 Å². The zero-order chi connectivity index (χ0) is 18.4. The molecule has 2 aromatic rings. The molecule has 0 radical (unpaired) electrons. The number of hydrogen-bond acceptors (Lipinski definition) is 3. The summed E-state index contributed by atoms with van der Waals surface area (Å²) in [7, 11) is 0. The highest BCUT2D eigenvalue weighted by Crippen LogP contribution is 2.32. The minimum Gasteiger partial charge on any atom is -0.508 e. The maximum atomic E-state index is 13.5. The normalized spacial score (nSPS) is 16.4. The number of phenolic OH excluding ortho intramolecular Hbond substituents is 1. The topological polar surface area (TPSA) is 60.9 Å². The van der Waals surface area contributed by atoms with Gasteiger partial charge in [-0.1, -0.05) is 18.7 Å². The van der Waals surface area contributed by atoms with E-state index in [0.29, 0.717) is 36.3 Å². The van der Waals surface area contributed by atoms with Gasteiger partial charge in [0.05, 0.1) is 6.04 Å². The zero-order valence-electron chi connectivity index (χ0n) is 14.0. The number of carbonyl (C=O) groups excluding carboxylic acids is 2. The number of amides is 2. The lowest BCUT2D eigenvalue weighted by Crippen LogP contribution is -2.60. The van der Waals surface area contributed by atoms with Crippen LogP contribution in [0.15, 0.2) is 49.1 Å². The number of phenols is 1. The lowest BCUT2D eigenvalue weighted by atomic mass is 10.00. The second kappa shape index (κ2) is 5.98. The molecule has 4 rings (SSSR count). The van der Waals surface area contributed by atoms with Crippen molar-refractivity contribution in [2.75, 3.05) is 13.1 Å². The molecular formula is C20H17FN2O3. The summed E-state index contributed by atoms with van der Waals surface area (Å²) >= 11 is 0. The van der Waals surface area contributed by atoms with Crippen LogP contribution in [0.1, 0.15) is 15.9 Å². The van der Waals surface area contributed by atoms with E-state index >= 15 is 0 Å². The Morgan fingerprint density at radius 3 is 2.65 bits per heavy atom. The molecule has 5 nitrogen and oxygen atoms in total. The van der Waals surface area contributed by atoms with E-state index in [1.165, 1.54) is 18.2 Å². The number of nitrogens with zero attached hydrogens (tertiary/aromatic N) is 2. The molecule has 2 aliphatic heterocycles. The number of carbonyl (C=O) groups is 2. The van der Waals surface area contributed by atoms with Crippen LogP contribution in [-0.4, -0.2) is 45.9 Å². The van der Waals surface area contributed by atoms with E-state index < -0.39 is 5.82 Å². The van der Waals surface area contributed by atoms with Crippen LogP contribution in [0.2, 0.25) is 0 Å². The van der Waals surface area contributed by atoms with Gasteiger partial charge in [-0.15, -0.1) is 0 Å². The van der Waals surface area contributed by atoms with Crippen molar-refractivity contribution < 1.29 is 19.1 Å². The van der Waals surface area contributed by atoms with Crippen molar-refractivity contribution in [3.05, 3.63) is 66.0 Å². The Bertz CT molecular complexity index is 914. The van der Waals surface area contributed by atoms with Gasteiger partial charge in [0.2, 0.25) is 5.91 Å². The maximum absolute atomic E-state index is 13.5. The second-order valence-corrected chi connectivity index (χ2v) is 6.60. The van der Waals surface area contributed by atoms with E-state index in [4.69, 9.17) is 0 Å². The minimum absolute atomic E-state index is 0.000430. The zero-order valence-corrected chi connectivity index (χ0v) is 14.0. The third kappa shape index (κ3) is 2.63. The molecule has 2 heterocycles. The fraction of sp³-hybridized carbons (Fsp3) is 0.200. The van der Waals surface area contributed by atoms with E-state index in [1.54, 1.807) is 15.9 Å². The Labute approximate surface area is 150 Å². The molecule has 0 saturated carbocycles. The molecular weight excluding hydrogens is 335 g/mol. The van der Waals surface area contributed by atoms with Gasteiger partial charge in [-0.25, -0.2) is 4.39 Å². The third-order valence-corrected chi connectivity index (χ3v) is 4.95. The quantitative estimate of drug-likeness (QED) is 0.864. The summed E-state index contributed by atoms with van der Waals surface area (Å²) < 4.78 is 13.5. The predicted octanol–water partition coefficient (Wildman–Crippen LogP) is 2.55. The molecule has 2 aliphatic rings. The van der Waals surface area contributed by atoms with Gasteiger partial charge in [0, 0.05) is 31.3 Å². The van der Waals surface area contributed by atoms with Crippen LogP contribution in [0.3, 0.4) is 0 Å². The summed E-state index contributed by atoms with van der Waals surface area (Å²) in [4.78, 5) is 27.8. The molecule has 0 aromatic heterocycles. The molecule has 0 atom stereocenters. The van der Waals surface area contributed by atoms with Crippen molar-refractivity contribution in [1.82, 2.24) is 9.80 Å². The summed E-state index contributed by atoms with van der Waals surface area (Å²) in [5.74, 6) is -0.901. The van der Waals surface area contributed by atoms with E-state index in [9.17, 15) is 19.1 Å². The van der Waals surface area contributed by atoms with E-state index in [-0.39, 0.29) is 23.6 Å². The molecule has 0 spiro atoms. The van der Waals surface area contributed by atoms with Crippen LogP contribution in [0, 0.1) is 5.82 Å². The highest BCUT2D eigenvalue weighted by Gasteiger charge is 2.40. The van der Waals surface area contributed by atoms with Gasteiger partial charge >= 0.3 is 0 Å². The van der Waals surface area contributed by atoms with E-state index in [2.05, 4.69) is 6.58 Å². The average molecular weight is 352 g/mol. The second-order valence-electron chi connectivity index (χ2n) is 6.60. The van der Waals surface area contributed by atoms with E-state index in [0.717, 1.165) is 11.6 Å². The number of rotatable bonds is 3. The first kappa shape index (κ1) is 16.3. The molecule has 0 bridgehead atoms. The first-order chi connectivity index (χ1) is 12.5. The number of fused-ring (bicyclic) bond motifs is 1. The molecule has 2 amide bonds. The van der Waals surface area contributed by atoms with Gasteiger partial charge in [-0.2, -0.15) is 0 Å². The Morgan fingerprint density at radius 2 is 1.96 bits per heavy atom. The fourth-order valence-corrected chi connectivity index (χ4v) is 3.50. The summed E-state index contributed by atoms with van der Waals surface area (Å²) in [6.07, 6.45) is 1.28. The molecule has 1 N–H and O–H groups in total. The molecule has 1 saturated heterocycles. The smallest absolute Gasteiger partial charge is 0.254 e.